The number of amides is 1. The van der Waals surface area contributed by atoms with Gasteiger partial charge in [-0.2, -0.15) is 5.10 Å². The van der Waals surface area contributed by atoms with Gasteiger partial charge in [0.1, 0.15) is 5.82 Å². The average molecular weight is 367 g/mol. The van der Waals surface area contributed by atoms with Crippen LogP contribution in [0.3, 0.4) is 0 Å². The average Bonchev–Trinajstić information content (AvgIpc) is 3.27. The van der Waals surface area contributed by atoms with Crippen LogP contribution in [0.2, 0.25) is 0 Å². The van der Waals surface area contributed by atoms with Crippen molar-refractivity contribution in [3.63, 3.8) is 0 Å². The lowest BCUT2D eigenvalue weighted by Gasteiger charge is -2.28. The molecule has 5 rings (SSSR count). The van der Waals surface area contributed by atoms with Crippen molar-refractivity contribution < 1.29 is 9.18 Å². The Morgan fingerprint density at radius 2 is 1.96 bits per heavy atom. The van der Waals surface area contributed by atoms with Crippen LogP contribution >= 0.6 is 0 Å². The zero-order valence-electron chi connectivity index (χ0n) is 15.1. The van der Waals surface area contributed by atoms with E-state index in [0.717, 1.165) is 67.3 Å². The van der Waals surface area contributed by atoms with Gasteiger partial charge >= 0.3 is 0 Å². The van der Waals surface area contributed by atoms with E-state index in [4.69, 9.17) is 0 Å². The first-order valence-electron chi connectivity index (χ1n) is 9.82. The molecule has 6 heteroatoms. The topological polar surface area (TPSA) is 66.1 Å². The van der Waals surface area contributed by atoms with Crippen LogP contribution in [0.15, 0.2) is 23.0 Å². The Kier molecular flexibility index (Phi) is 3.88. The molecule has 1 aromatic carbocycles. The molecule has 2 atom stereocenters. The second-order valence-electron chi connectivity index (χ2n) is 8.00. The van der Waals surface area contributed by atoms with Crippen LogP contribution in [0.4, 0.5) is 10.1 Å². The molecule has 27 heavy (non-hydrogen) atoms. The minimum absolute atomic E-state index is 0.0573. The lowest BCUT2D eigenvalue weighted by molar-refractivity contribution is -0.121. The van der Waals surface area contributed by atoms with Crippen LogP contribution in [0.1, 0.15) is 54.5 Å². The molecule has 0 radical (unpaired) electrons. The molecule has 140 valence electrons. The molecule has 1 aliphatic heterocycles. The van der Waals surface area contributed by atoms with Gasteiger partial charge in [0.25, 0.3) is 5.56 Å². The highest BCUT2D eigenvalue weighted by Gasteiger charge is 2.46. The molecule has 2 fully saturated rings. The highest BCUT2D eigenvalue weighted by atomic mass is 19.1. The molecule has 2 heterocycles. The summed E-state index contributed by atoms with van der Waals surface area (Å²) in [6.45, 7) is 0. The standard InChI is InChI=1S/C21H22FN3O2/c22-17-8-5-12(10-19(17)25-14-7-6-13(11-14)21(25)27)9-18-15-3-1-2-4-16(15)20(26)24-23-18/h5,8,10,13-14H,1-4,6-7,9,11H2,(H,24,26)/t13-,14?/m1/s1. The fourth-order valence-corrected chi connectivity index (χ4v) is 5.03. The molecule has 2 aliphatic carbocycles. The third-order valence-corrected chi connectivity index (χ3v) is 6.38. The van der Waals surface area contributed by atoms with Gasteiger partial charge in [0.15, 0.2) is 0 Å². The van der Waals surface area contributed by atoms with E-state index in [1.807, 2.05) is 0 Å². The minimum Gasteiger partial charge on any atom is -0.306 e. The third-order valence-electron chi connectivity index (χ3n) is 6.38. The van der Waals surface area contributed by atoms with Crippen molar-refractivity contribution in [1.29, 1.82) is 0 Å². The zero-order chi connectivity index (χ0) is 18.5. The third kappa shape index (κ3) is 2.69. The maximum atomic E-state index is 14.5. The monoisotopic (exact) mass is 367 g/mol. The lowest BCUT2D eigenvalue weighted by Crippen LogP contribution is -2.37. The number of anilines is 1. The summed E-state index contributed by atoms with van der Waals surface area (Å²) in [4.78, 5) is 26.2. The predicted molar refractivity (Wildman–Crippen MR) is 99.3 cm³/mol. The van der Waals surface area contributed by atoms with E-state index in [1.54, 1.807) is 17.0 Å². The predicted octanol–water partition coefficient (Wildman–Crippen LogP) is 2.89. The Labute approximate surface area is 156 Å². The Balaban J connectivity index is 1.49. The SMILES string of the molecule is O=C1[C@@H]2CCC(C2)N1c1cc(Cc2n[nH]c(=O)c3c2CCCC3)ccc1F. The highest BCUT2D eigenvalue weighted by Crippen LogP contribution is 2.42. The summed E-state index contributed by atoms with van der Waals surface area (Å²) in [5.41, 5.74) is 3.97. The summed E-state index contributed by atoms with van der Waals surface area (Å²) >= 11 is 0. The minimum atomic E-state index is -0.351. The first kappa shape index (κ1) is 16.7. The van der Waals surface area contributed by atoms with E-state index in [1.165, 1.54) is 6.07 Å². The number of rotatable bonds is 3. The van der Waals surface area contributed by atoms with Gasteiger partial charge in [0.2, 0.25) is 5.91 Å². The van der Waals surface area contributed by atoms with Gasteiger partial charge in [-0.1, -0.05) is 6.07 Å². The molecule has 1 aromatic heterocycles. The number of aromatic amines is 1. The molecule has 1 saturated heterocycles. The summed E-state index contributed by atoms with van der Waals surface area (Å²) in [6.07, 6.45) is 7.00. The number of fused-ring (bicyclic) bond motifs is 3. The van der Waals surface area contributed by atoms with E-state index in [2.05, 4.69) is 10.2 Å². The second kappa shape index (κ2) is 6.29. The maximum absolute atomic E-state index is 14.5. The summed E-state index contributed by atoms with van der Waals surface area (Å²) in [7, 11) is 0. The summed E-state index contributed by atoms with van der Waals surface area (Å²) in [5.74, 6) is -0.233. The number of nitrogens with zero attached hydrogens (tertiary/aromatic N) is 2. The molecule has 5 nitrogen and oxygen atoms in total. The molecule has 1 saturated carbocycles. The van der Waals surface area contributed by atoms with Crippen LogP contribution in [0, 0.1) is 11.7 Å². The highest BCUT2D eigenvalue weighted by molar-refractivity contribution is 5.99. The van der Waals surface area contributed by atoms with Crippen molar-refractivity contribution in [3.8, 4) is 0 Å². The van der Waals surface area contributed by atoms with E-state index in [9.17, 15) is 14.0 Å². The fourth-order valence-electron chi connectivity index (χ4n) is 5.03. The molecule has 1 unspecified atom stereocenters. The Hall–Kier alpha value is -2.50. The number of H-pyrrole nitrogens is 1. The number of benzene rings is 1. The molecule has 2 aromatic rings. The van der Waals surface area contributed by atoms with Gasteiger partial charge in [-0.3, -0.25) is 9.59 Å². The van der Waals surface area contributed by atoms with Crippen LogP contribution in [-0.4, -0.2) is 22.1 Å². The first-order valence-corrected chi connectivity index (χ1v) is 9.82. The number of halogens is 1. The Bertz CT molecular complexity index is 984. The van der Waals surface area contributed by atoms with Gasteiger partial charge in [0.05, 0.1) is 11.4 Å². The van der Waals surface area contributed by atoms with E-state index < -0.39 is 0 Å². The van der Waals surface area contributed by atoms with Crippen molar-refractivity contribution in [1.82, 2.24) is 10.2 Å². The van der Waals surface area contributed by atoms with Crippen molar-refractivity contribution >= 4 is 11.6 Å². The van der Waals surface area contributed by atoms with Gasteiger partial charge in [-0.25, -0.2) is 9.49 Å². The number of hydrogen-bond acceptors (Lipinski definition) is 3. The molecule has 0 spiro atoms. The molecule has 3 aliphatic rings. The quantitative estimate of drug-likeness (QED) is 0.907. The summed E-state index contributed by atoms with van der Waals surface area (Å²) in [6, 6.07) is 5.11. The van der Waals surface area contributed by atoms with E-state index >= 15 is 0 Å². The van der Waals surface area contributed by atoms with E-state index in [-0.39, 0.29) is 29.2 Å². The lowest BCUT2D eigenvalue weighted by atomic mass is 9.90. The molecular formula is C21H22FN3O2. The molecular weight excluding hydrogens is 345 g/mol. The Morgan fingerprint density at radius 3 is 2.74 bits per heavy atom. The molecule has 1 N–H and O–H groups in total. The van der Waals surface area contributed by atoms with Crippen LogP contribution in [-0.2, 0) is 24.1 Å². The zero-order valence-corrected chi connectivity index (χ0v) is 15.1. The first-order chi connectivity index (χ1) is 13.1. The fraction of sp³-hybridized carbons (Fsp3) is 0.476. The largest absolute Gasteiger partial charge is 0.306 e. The van der Waals surface area contributed by atoms with Crippen molar-refractivity contribution in [3.05, 3.63) is 56.8 Å². The van der Waals surface area contributed by atoms with Gasteiger partial charge < -0.3 is 4.90 Å². The molecule has 2 bridgehead atoms. The number of hydrogen-bond donors (Lipinski definition) is 1. The number of aromatic nitrogens is 2. The Morgan fingerprint density at radius 1 is 1.15 bits per heavy atom. The second-order valence-corrected chi connectivity index (χ2v) is 8.00. The number of nitrogens with one attached hydrogen (secondary N) is 1. The molecule has 1 amide bonds. The van der Waals surface area contributed by atoms with Crippen molar-refractivity contribution in [2.24, 2.45) is 5.92 Å². The van der Waals surface area contributed by atoms with Crippen LogP contribution in [0.5, 0.6) is 0 Å². The smallest absolute Gasteiger partial charge is 0.267 e. The summed E-state index contributed by atoms with van der Waals surface area (Å²) in [5, 5.41) is 6.89. The van der Waals surface area contributed by atoms with Crippen molar-refractivity contribution in [2.75, 3.05) is 4.90 Å². The van der Waals surface area contributed by atoms with E-state index in [0.29, 0.717) is 12.1 Å². The van der Waals surface area contributed by atoms with Gasteiger partial charge in [-0.05, 0) is 68.2 Å². The maximum Gasteiger partial charge on any atom is 0.267 e. The summed E-state index contributed by atoms with van der Waals surface area (Å²) < 4.78 is 14.5. The number of carbonyl (C=O) groups excluding carboxylic acids is 1. The van der Waals surface area contributed by atoms with Crippen LogP contribution in [0.25, 0.3) is 0 Å². The van der Waals surface area contributed by atoms with Gasteiger partial charge in [0, 0.05) is 23.9 Å². The normalized spacial score (nSPS) is 23.7. The number of carbonyl (C=O) groups is 1. The van der Waals surface area contributed by atoms with Crippen molar-refractivity contribution in [2.45, 2.75) is 57.4 Å². The number of piperidine rings is 1. The van der Waals surface area contributed by atoms with Gasteiger partial charge in [-0.15, -0.1) is 0 Å². The van der Waals surface area contributed by atoms with Crippen LogP contribution < -0.4 is 10.5 Å².